The number of nitrogens with zero attached hydrogens (tertiary/aromatic N) is 2. The molecule has 0 spiro atoms. The van der Waals surface area contributed by atoms with Crippen LogP contribution >= 0.6 is 0 Å². The third kappa shape index (κ3) is 3.63. The van der Waals surface area contributed by atoms with Crippen LogP contribution in [-0.4, -0.2) is 30.2 Å². The SMILES string of the molecule is COc1ccc(Cc2cc([C@H]3CCCNC3)nc(C)n2)cc1. The third-order valence-electron chi connectivity index (χ3n) is 4.17. The van der Waals surface area contributed by atoms with E-state index in [0.717, 1.165) is 36.8 Å². The summed E-state index contributed by atoms with van der Waals surface area (Å²) in [7, 11) is 1.69. The molecule has 22 heavy (non-hydrogen) atoms. The second kappa shape index (κ2) is 6.88. The summed E-state index contributed by atoms with van der Waals surface area (Å²) in [5.74, 6) is 2.27. The van der Waals surface area contributed by atoms with Gasteiger partial charge in [-0.25, -0.2) is 9.97 Å². The molecule has 0 bridgehead atoms. The molecule has 1 N–H and O–H groups in total. The lowest BCUT2D eigenvalue weighted by molar-refractivity contribution is 0.414. The Balaban J connectivity index is 1.79. The molecule has 4 nitrogen and oxygen atoms in total. The number of methoxy groups -OCH3 is 1. The summed E-state index contributed by atoms with van der Waals surface area (Å²) in [4.78, 5) is 9.26. The minimum Gasteiger partial charge on any atom is -0.497 e. The molecule has 116 valence electrons. The fraction of sp³-hybridized carbons (Fsp3) is 0.444. The zero-order valence-corrected chi connectivity index (χ0v) is 13.3. The Morgan fingerprint density at radius 1 is 1.23 bits per heavy atom. The zero-order chi connectivity index (χ0) is 15.4. The van der Waals surface area contributed by atoms with E-state index in [2.05, 4.69) is 33.5 Å². The molecule has 0 amide bonds. The molecule has 3 rings (SSSR count). The second-order valence-electron chi connectivity index (χ2n) is 5.90. The highest BCUT2D eigenvalue weighted by Gasteiger charge is 2.17. The number of nitrogens with one attached hydrogen (secondary N) is 1. The number of aryl methyl sites for hydroxylation is 1. The van der Waals surface area contributed by atoms with Crippen molar-refractivity contribution >= 4 is 0 Å². The molecule has 0 saturated carbocycles. The summed E-state index contributed by atoms with van der Waals surface area (Å²) in [6, 6.07) is 10.4. The summed E-state index contributed by atoms with van der Waals surface area (Å²) in [5.41, 5.74) is 3.52. The monoisotopic (exact) mass is 297 g/mol. The van der Waals surface area contributed by atoms with Crippen LogP contribution < -0.4 is 10.1 Å². The van der Waals surface area contributed by atoms with E-state index in [9.17, 15) is 0 Å². The van der Waals surface area contributed by atoms with Crippen LogP contribution in [0.25, 0.3) is 0 Å². The molecule has 1 saturated heterocycles. The van der Waals surface area contributed by atoms with Gasteiger partial charge in [-0.05, 0) is 50.1 Å². The van der Waals surface area contributed by atoms with Crippen LogP contribution in [-0.2, 0) is 6.42 Å². The Morgan fingerprint density at radius 2 is 2.05 bits per heavy atom. The number of hydrogen-bond acceptors (Lipinski definition) is 4. The summed E-state index contributed by atoms with van der Waals surface area (Å²) in [6.07, 6.45) is 3.27. The summed E-state index contributed by atoms with van der Waals surface area (Å²) in [5, 5.41) is 3.46. The molecular weight excluding hydrogens is 274 g/mol. The number of rotatable bonds is 4. The van der Waals surface area contributed by atoms with Crippen LogP contribution in [0.3, 0.4) is 0 Å². The number of piperidine rings is 1. The molecule has 0 aliphatic carbocycles. The smallest absolute Gasteiger partial charge is 0.125 e. The molecule has 1 aliphatic heterocycles. The molecule has 1 aliphatic rings. The van der Waals surface area contributed by atoms with E-state index in [4.69, 9.17) is 4.74 Å². The predicted octanol–water partition coefficient (Wildman–Crippen LogP) is 2.85. The van der Waals surface area contributed by atoms with Gasteiger partial charge in [0.15, 0.2) is 0 Å². The van der Waals surface area contributed by atoms with E-state index < -0.39 is 0 Å². The normalized spacial score (nSPS) is 18.2. The first kappa shape index (κ1) is 15.0. The van der Waals surface area contributed by atoms with Crippen LogP contribution in [0, 0.1) is 6.92 Å². The van der Waals surface area contributed by atoms with Gasteiger partial charge in [-0.2, -0.15) is 0 Å². The maximum atomic E-state index is 5.20. The minimum absolute atomic E-state index is 0.519. The van der Waals surface area contributed by atoms with Crippen molar-refractivity contribution in [2.75, 3.05) is 20.2 Å². The van der Waals surface area contributed by atoms with Gasteiger partial charge in [-0.15, -0.1) is 0 Å². The highest BCUT2D eigenvalue weighted by Crippen LogP contribution is 2.23. The Labute approximate surface area is 132 Å². The first-order valence-corrected chi connectivity index (χ1v) is 7.92. The van der Waals surface area contributed by atoms with Crippen molar-refractivity contribution in [2.24, 2.45) is 0 Å². The first-order valence-electron chi connectivity index (χ1n) is 7.92. The van der Waals surface area contributed by atoms with Gasteiger partial charge in [0.05, 0.1) is 7.11 Å². The van der Waals surface area contributed by atoms with Crippen LogP contribution in [0.4, 0.5) is 0 Å². The van der Waals surface area contributed by atoms with Gasteiger partial charge in [-0.1, -0.05) is 12.1 Å². The Hall–Kier alpha value is -1.94. The van der Waals surface area contributed by atoms with Crippen LogP contribution in [0.5, 0.6) is 5.75 Å². The molecule has 2 heterocycles. The standard InChI is InChI=1S/C18H23N3O/c1-13-20-16(10-14-5-7-17(22-2)8-6-14)11-18(21-13)15-4-3-9-19-12-15/h5-8,11,15,19H,3-4,9-10,12H2,1-2H3/t15-/m0/s1. The topological polar surface area (TPSA) is 47.0 Å². The first-order chi connectivity index (χ1) is 10.7. The van der Waals surface area contributed by atoms with E-state index in [0.29, 0.717) is 5.92 Å². The quantitative estimate of drug-likeness (QED) is 0.942. The summed E-state index contributed by atoms with van der Waals surface area (Å²) in [6.45, 7) is 4.13. The summed E-state index contributed by atoms with van der Waals surface area (Å²) < 4.78 is 5.20. The number of ether oxygens (including phenoxy) is 1. The number of hydrogen-bond donors (Lipinski definition) is 1. The average molecular weight is 297 g/mol. The maximum absolute atomic E-state index is 5.20. The zero-order valence-electron chi connectivity index (χ0n) is 13.3. The molecule has 1 aromatic heterocycles. The average Bonchev–Trinajstić information content (AvgIpc) is 2.56. The van der Waals surface area contributed by atoms with Crippen molar-refractivity contribution in [2.45, 2.75) is 32.1 Å². The van der Waals surface area contributed by atoms with Crippen LogP contribution in [0.1, 0.15) is 41.5 Å². The fourth-order valence-corrected chi connectivity index (χ4v) is 3.01. The molecule has 0 radical (unpaired) electrons. The Kier molecular flexibility index (Phi) is 4.68. The van der Waals surface area contributed by atoms with E-state index in [1.165, 1.54) is 24.1 Å². The third-order valence-corrected chi connectivity index (χ3v) is 4.17. The van der Waals surface area contributed by atoms with Crippen molar-refractivity contribution in [3.8, 4) is 5.75 Å². The molecule has 1 fully saturated rings. The van der Waals surface area contributed by atoms with E-state index in [1.807, 2.05) is 19.1 Å². The number of aromatic nitrogens is 2. The van der Waals surface area contributed by atoms with Gasteiger partial charge in [0.25, 0.3) is 0 Å². The largest absolute Gasteiger partial charge is 0.497 e. The minimum atomic E-state index is 0.519. The number of benzene rings is 1. The van der Waals surface area contributed by atoms with E-state index in [-0.39, 0.29) is 0 Å². The van der Waals surface area contributed by atoms with Crippen molar-refractivity contribution in [3.63, 3.8) is 0 Å². The molecule has 0 unspecified atom stereocenters. The predicted molar refractivity (Wildman–Crippen MR) is 87.4 cm³/mol. The van der Waals surface area contributed by atoms with Gasteiger partial charge >= 0.3 is 0 Å². The molecular formula is C18H23N3O. The van der Waals surface area contributed by atoms with Crippen molar-refractivity contribution < 1.29 is 4.74 Å². The van der Waals surface area contributed by atoms with Gasteiger partial charge in [0, 0.05) is 30.3 Å². The van der Waals surface area contributed by atoms with Crippen molar-refractivity contribution in [1.82, 2.24) is 15.3 Å². The Bertz CT molecular complexity index is 619. The highest BCUT2D eigenvalue weighted by molar-refractivity contribution is 5.30. The molecule has 4 heteroatoms. The lowest BCUT2D eigenvalue weighted by Gasteiger charge is -2.22. The van der Waals surface area contributed by atoms with Gasteiger partial charge < -0.3 is 10.1 Å². The van der Waals surface area contributed by atoms with Crippen molar-refractivity contribution in [1.29, 1.82) is 0 Å². The Morgan fingerprint density at radius 3 is 2.73 bits per heavy atom. The fourth-order valence-electron chi connectivity index (χ4n) is 3.01. The van der Waals surface area contributed by atoms with Crippen LogP contribution in [0.2, 0.25) is 0 Å². The van der Waals surface area contributed by atoms with E-state index >= 15 is 0 Å². The van der Waals surface area contributed by atoms with Crippen LogP contribution in [0.15, 0.2) is 30.3 Å². The van der Waals surface area contributed by atoms with Gasteiger partial charge in [0.1, 0.15) is 11.6 Å². The summed E-state index contributed by atoms with van der Waals surface area (Å²) >= 11 is 0. The lowest BCUT2D eigenvalue weighted by atomic mass is 9.95. The highest BCUT2D eigenvalue weighted by atomic mass is 16.5. The van der Waals surface area contributed by atoms with Gasteiger partial charge in [0.2, 0.25) is 0 Å². The van der Waals surface area contributed by atoms with E-state index in [1.54, 1.807) is 7.11 Å². The van der Waals surface area contributed by atoms with Gasteiger partial charge in [-0.3, -0.25) is 0 Å². The molecule has 1 aromatic carbocycles. The van der Waals surface area contributed by atoms with Crippen molar-refractivity contribution in [3.05, 3.63) is 53.1 Å². The molecule has 1 atom stereocenters. The molecule has 2 aromatic rings. The maximum Gasteiger partial charge on any atom is 0.125 e. The second-order valence-corrected chi connectivity index (χ2v) is 5.90. The lowest BCUT2D eigenvalue weighted by Crippen LogP contribution is -2.29.